The monoisotopic (exact) mass is 490 g/mol. The number of hydrogen-bond acceptors (Lipinski definition) is 3. The number of thiophene rings is 1. The van der Waals surface area contributed by atoms with Crippen LogP contribution in [0.2, 0.25) is 0 Å². The molecule has 0 spiro atoms. The van der Waals surface area contributed by atoms with Crippen molar-refractivity contribution in [3.05, 3.63) is 21.9 Å². The fourth-order valence-electron chi connectivity index (χ4n) is 2.72. The molecule has 0 saturated carbocycles. The summed E-state index contributed by atoms with van der Waals surface area (Å²) in [4.78, 5) is 8.52. The van der Waals surface area contributed by atoms with Crippen molar-refractivity contribution in [3.63, 3.8) is 0 Å². The molecule has 1 aliphatic heterocycles. The number of alkyl halides is 3. The molecule has 0 aliphatic carbocycles. The van der Waals surface area contributed by atoms with Gasteiger partial charge in [0.15, 0.2) is 5.96 Å². The van der Waals surface area contributed by atoms with Crippen LogP contribution in [0.1, 0.15) is 30.0 Å². The third-order valence-corrected chi connectivity index (χ3v) is 5.03. The molecule has 1 aromatic heterocycles. The minimum Gasteiger partial charge on any atom is -0.357 e. The van der Waals surface area contributed by atoms with Gasteiger partial charge in [-0.15, -0.1) is 35.3 Å². The normalized spacial score (nSPS) is 18.9. The molecule has 1 fully saturated rings. The van der Waals surface area contributed by atoms with Crippen LogP contribution in [0.5, 0.6) is 0 Å². The molecule has 1 aliphatic rings. The third-order valence-electron chi connectivity index (χ3n) is 3.82. The van der Waals surface area contributed by atoms with Gasteiger partial charge in [0.1, 0.15) is 0 Å². The fourth-order valence-corrected chi connectivity index (χ4v) is 3.60. The van der Waals surface area contributed by atoms with E-state index in [2.05, 4.69) is 34.7 Å². The van der Waals surface area contributed by atoms with Crippen LogP contribution in [0.3, 0.4) is 0 Å². The van der Waals surface area contributed by atoms with Crippen LogP contribution in [0.4, 0.5) is 13.2 Å². The summed E-state index contributed by atoms with van der Waals surface area (Å²) >= 11 is 1.75. The van der Waals surface area contributed by atoms with E-state index in [1.165, 1.54) is 14.7 Å². The topological polar surface area (TPSA) is 39.7 Å². The minimum atomic E-state index is -4.14. The fraction of sp³-hybridized carbons (Fsp3) is 0.688. The van der Waals surface area contributed by atoms with Gasteiger partial charge in [0.25, 0.3) is 0 Å². The van der Waals surface area contributed by atoms with Crippen molar-refractivity contribution < 1.29 is 13.2 Å². The van der Waals surface area contributed by atoms with Crippen molar-refractivity contribution in [2.75, 3.05) is 26.2 Å². The Bertz CT molecular complexity index is 548. The third kappa shape index (κ3) is 8.12. The summed E-state index contributed by atoms with van der Waals surface area (Å²) in [6.07, 6.45) is -2.42. The van der Waals surface area contributed by atoms with Gasteiger partial charge in [-0.3, -0.25) is 4.90 Å². The molecule has 9 heteroatoms. The highest BCUT2D eigenvalue weighted by atomic mass is 127. The van der Waals surface area contributed by atoms with E-state index in [4.69, 9.17) is 0 Å². The smallest absolute Gasteiger partial charge is 0.357 e. The summed E-state index contributed by atoms with van der Waals surface area (Å²) < 4.78 is 37.4. The molecule has 1 unspecified atom stereocenters. The number of halogens is 4. The van der Waals surface area contributed by atoms with Gasteiger partial charge in [-0.2, -0.15) is 13.2 Å². The quantitative estimate of drug-likeness (QED) is 0.364. The van der Waals surface area contributed by atoms with E-state index in [-0.39, 0.29) is 30.0 Å². The van der Waals surface area contributed by atoms with Gasteiger partial charge in [-0.05, 0) is 31.9 Å². The Morgan fingerprint density at radius 1 is 1.32 bits per heavy atom. The first-order valence-corrected chi connectivity index (χ1v) is 9.12. The SMILES string of the molecule is CCNC(=NCc1ccc(CC)s1)NC1CCN(CC(F)(F)F)C1.I. The Kier molecular flexibility index (Phi) is 9.50. The maximum Gasteiger partial charge on any atom is 0.401 e. The number of aryl methyl sites for hydroxylation is 1. The van der Waals surface area contributed by atoms with Gasteiger partial charge in [-0.1, -0.05) is 6.92 Å². The van der Waals surface area contributed by atoms with E-state index in [1.54, 1.807) is 11.3 Å². The molecule has 4 nitrogen and oxygen atoms in total. The Morgan fingerprint density at radius 3 is 2.64 bits per heavy atom. The Morgan fingerprint density at radius 2 is 2.04 bits per heavy atom. The summed E-state index contributed by atoms with van der Waals surface area (Å²) in [5.41, 5.74) is 0. The zero-order chi connectivity index (χ0) is 17.6. The highest BCUT2D eigenvalue weighted by molar-refractivity contribution is 14.0. The van der Waals surface area contributed by atoms with E-state index in [0.29, 0.717) is 32.0 Å². The molecule has 0 aromatic carbocycles. The molecule has 2 N–H and O–H groups in total. The second-order valence-electron chi connectivity index (χ2n) is 5.90. The van der Waals surface area contributed by atoms with Crippen LogP contribution >= 0.6 is 35.3 Å². The number of guanidine groups is 1. The molecular weight excluding hydrogens is 464 g/mol. The Labute approximate surface area is 168 Å². The average molecular weight is 490 g/mol. The number of nitrogens with zero attached hydrogens (tertiary/aromatic N) is 2. The molecule has 2 heterocycles. The molecule has 0 bridgehead atoms. The number of rotatable bonds is 6. The summed E-state index contributed by atoms with van der Waals surface area (Å²) in [5, 5.41) is 6.42. The molecule has 25 heavy (non-hydrogen) atoms. The van der Waals surface area contributed by atoms with E-state index >= 15 is 0 Å². The molecule has 2 rings (SSSR count). The molecular formula is C16H26F3IN4S. The lowest BCUT2D eigenvalue weighted by Crippen LogP contribution is -2.45. The summed E-state index contributed by atoms with van der Waals surface area (Å²) in [5.74, 6) is 0.669. The molecule has 1 saturated heterocycles. The van der Waals surface area contributed by atoms with Gasteiger partial charge in [-0.25, -0.2) is 4.99 Å². The van der Waals surface area contributed by atoms with Crippen molar-refractivity contribution in [1.82, 2.24) is 15.5 Å². The predicted octanol–water partition coefficient (Wildman–Crippen LogP) is 3.62. The Balaban J connectivity index is 0.00000312. The maximum absolute atomic E-state index is 12.5. The van der Waals surface area contributed by atoms with Crippen molar-refractivity contribution in [3.8, 4) is 0 Å². The van der Waals surface area contributed by atoms with Crippen molar-refractivity contribution in [2.45, 2.75) is 45.5 Å². The second-order valence-corrected chi connectivity index (χ2v) is 7.15. The number of nitrogens with one attached hydrogen (secondary N) is 2. The lowest BCUT2D eigenvalue weighted by molar-refractivity contribution is -0.143. The first-order chi connectivity index (χ1) is 11.4. The average Bonchev–Trinajstić information content (AvgIpc) is 3.12. The molecule has 0 amide bonds. The van der Waals surface area contributed by atoms with Gasteiger partial charge < -0.3 is 10.6 Å². The first kappa shape index (κ1) is 22.5. The number of likely N-dealkylation sites (tertiary alicyclic amines) is 1. The van der Waals surface area contributed by atoms with E-state index < -0.39 is 12.7 Å². The summed E-state index contributed by atoms with van der Waals surface area (Å²) in [6, 6.07) is 4.19. The number of aliphatic imine (C=N–C) groups is 1. The van der Waals surface area contributed by atoms with Crippen molar-refractivity contribution in [1.29, 1.82) is 0 Å². The lowest BCUT2D eigenvalue weighted by atomic mass is 10.3. The summed E-state index contributed by atoms with van der Waals surface area (Å²) in [7, 11) is 0. The van der Waals surface area contributed by atoms with E-state index in [1.807, 2.05) is 6.92 Å². The van der Waals surface area contributed by atoms with Gasteiger partial charge in [0.05, 0.1) is 13.1 Å². The first-order valence-electron chi connectivity index (χ1n) is 8.31. The molecule has 0 radical (unpaired) electrons. The predicted molar refractivity (Wildman–Crippen MR) is 108 cm³/mol. The number of hydrogen-bond donors (Lipinski definition) is 2. The van der Waals surface area contributed by atoms with Crippen LogP contribution < -0.4 is 10.6 Å². The largest absolute Gasteiger partial charge is 0.401 e. The van der Waals surface area contributed by atoms with Crippen LogP contribution in [0.15, 0.2) is 17.1 Å². The van der Waals surface area contributed by atoms with E-state index in [0.717, 1.165) is 13.0 Å². The molecule has 1 aromatic rings. The lowest BCUT2D eigenvalue weighted by Gasteiger charge is -2.19. The zero-order valence-electron chi connectivity index (χ0n) is 14.5. The molecule has 1 atom stereocenters. The Hall–Kier alpha value is -0.550. The van der Waals surface area contributed by atoms with E-state index in [9.17, 15) is 13.2 Å². The van der Waals surface area contributed by atoms with Crippen LogP contribution in [-0.2, 0) is 13.0 Å². The summed E-state index contributed by atoms with van der Waals surface area (Å²) in [6.45, 7) is 5.41. The standard InChI is InChI=1S/C16H25F3N4S.HI/c1-3-13-5-6-14(24-13)9-21-15(20-4-2)22-12-7-8-23(10-12)11-16(17,18)19;/h5-6,12H,3-4,7-11H2,1-2H3,(H2,20,21,22);1H. The minimum absolute atomic E-state index is 0. The van der Waals surface area contributed by atoms with Crippen LogP contribution in [0.25, 0.3) is 0 Å². The van der Waals surface area contributed by atoms with Crippen molar-refractivity contribution >= 4 is 41.3 Å². The highest BCUT2D eigenvalue weighted by Crippen LogP contribution is 2.20. The highest BCUT2D eigenvalue weighted by Gasteiger charge is 2.34. The molecule has 144 valence electrons. The maximum atomic E-state index is 12.5. The van der Waals surface area contributed by atoms with Crippen LogP contribution in [0, 0.1) is 0 Å². The zero-order valence-corrected chi connectivity index (χ0v) is 17.7. The second kappa shape index (κ2) is 10.6. The van der Waals surface area contributed by atoms with Gasteiger partial charge >= 0.3 is 6.18 Å². The van der Waals surface area contributed by atoms with Crippen LogP contribution in [-0.4, -0.2) is 49.3 Å². The van der Waals surface area contributed by atoms with Gasteiger partial charge in [0, 0.05) is 35.4 Å². The van der Waals surface area contributed by atoms with Crippen molar-refractivity contribution in [2.24, 2.45) is 4.99 Å². The van der Waals surface area contributed by atoms with Gasteiger partial charge in [0.2, 0.25) is 0 Å².